The minimum atomic E-state index is -4.45. The molecular formula is C12H9BrF3N. The fraction of sp³-hybridized carbons (Fsp3) is 0.167. The van der Waals surface area contributed by atoms with Crippen LogP contribution in [0.5, 0.6) is 0 Å². The Hall–Kier alpha value is -1.07. The summed E-state index contributed by atoms with van der Waals surface area (Å²) in [6.45, 7) is 0. The van der Waals surface area contributed by atoms with Gasteiger partial charge in [-0.15, -0.1) is 0 Å². The number of halogens is 4. The molecule has 2 rings (SSSR count). The average molecular weight is 304 g/mol. The van der Waals surface area contributed by atoms with Gasteiger partial charge in [-0.05, 0) is 22.4 Å². The molecule has 0 aliphatic carbocycles. The Labute approximate surface area is 105 Å². The number of rotatable bonds is 1. The smallest absolute Gasteiger partial charge is 0.316 e. The van der Waals surface area contributed by atoms with E-state index in [1.54, 1.807) is 36.4 Å². The number of alkyl halides is 3. The molecule has 0 amide bonds. The molecule has 0 bridgehead atoms. The van der Waals surface area contributed by atoms with Crippen molar-refractivity contribution in [3.63, 3.8) is 0 Å². The van der Waals surface area contributed by atoms with Crippen LogP contribution in [0.2, 0.25) is 0 Å². The van der Waals surface area contributed by atoms with Crippen LogP contribution in [0.15, 0.2) is 40.9 Å². The highest BCUT2D eigenvalue weighted by Gasteiger charge is 2.39. The lowest BCUT2D eigenvalue weighted by atomic mass is 9.99. The molecule has 17 heavy (non-hydrogen) atoms. The van der Waals surface area contributed by atoms with Gasteiger partial charge >= 0.3 is 6.18 Å². The van der Waals surface area contributed by atoms with Crippen LogP contribution in [-0.4, -0.2) is 6.18 Å². The van der Waals surface area contributed by atoms with Gasteiger partial charge < -0.3 is 5.73 Å². The zero-order valence-corrected chi connectivity index (χ0v) is 10.2. The molecule has 2 aromatic carbocycles. The molecule has 0 radical (unpaired) electrons. The number of fused-ring (bicyclic) bond motifs is 1. The normalized spacial score (nSPS) is 13.9. The number of hydrogen-bond donors (Lipinski definition) is 1. The van der Waals surface area contributed by atoms with Crippen molar-refractivity contribution in [2.24, 2.45) is 5.73 Å². The van der Waals surface area contributed by atoms with Gasteiger partial charge in [0.25, 0.3) is 0 Å². The first-order valence-electron chi connectivity index (χ1n) is 4.90. The lowest BCUT2D eigenvalue weighted by Crippen LogP contribution is -2.29. The van der Waals surface area contributed by atoms with Crippen LogP contribution in [0, 0.1) is 0 Å². The minimum absolute atomic E-state index is 0.0793. The van der Waals surface area contributed by atoms with E-state index < -0.39 is 12.2 Å². The number of benzene rings is 2. The summed E-state index contributed by atoms with van der Waals surface area (Å²) < 4.78 is 38.5. The standard InChI is InChI=1S/C12H9BrF3N/c13-9-6-5-7-3-1-2-4-8(7)10(9)11(17)12(14,15)16/h1-6,11H,17H2/t11-/m0/s1. The van der Waals surface area contributed by atoms with Crippen LogP contribution in [-0.2, 0) is 0 Å². The van der Waals surface area contributed by atoms with E-state index in [9.17, 15) is 13.2 Å². The van der Waals surface area contributed by atoms with Gasteiger partial charge in [0.15, 0.2) is 0 Å². The Morgan fingerprint density at radius 1 is 1.06 bits per heavy atom. The second-order valence-corrected chi connectivity index (χ2v) is 4.56. The minimum Gasteiger partial charge on any atom is -0.316 e. The highest BCUT2D eigenvalue weighted by Crippen LogP contribution is 2.38. The summed E-state index contributed by atoms with van der Waals surface area (Å²) in [6.07, 6.45) is -4.45. The van der Waals surface area contributed by atoms with Crippen LogP contribution in [0.1, 0.15) is 11.6 Å². The van der Waals surface area contributed by atoms with Crippen molar-refractivity contribution >= 4 is 26.7 Å². The zero-order valence-electron chi connectivity index (χ0n) is 8.63. The van der Waals surface area contributed by atoms with Crippen molar-refractivity contribution in [1.29, 1.82) is 0 Å². The Bertz CT molecular complexity index is 551. The summed E-state index contributed by atoms with van der Waals surface area (Å²) in [5.74, 6) is 0. The Morgan fingerprint density at radius 2 is 1.71 bits per heavy atom. The summed E-state index contributed by atoms with van der Waals surface area (Å²) in [4.78, 5) is 0. The van der Waals surface area contributed by atoms with Crippen LogP contribution in [0.25, 0.3) is 10.8 Å². The largest absolute Gasteiger partial charge is 0.407 e. The molecule has 0 unspecified atom stereocenters. The molecule has 2 aromatic rings. The van der Waals surface area contributed by atoms with Crippen molar-refractivity contribution in [3.05, 3.63) is 46.4 Å². The summed E-state index contributed by atoms with van der Waals surface area (Å²) in [5, 5.41) is 1.26. The lowest BCUT2D eigenvalue weighted by Gasteiger charge is -2.19. The number of nitrogens with two attached hydrogens (primary N) is 1. The fourth-order valence-electron chi connectivity index (χ4n) is 1.75. The fourth-order valence-corrected chi connectivity index (χ4v) is 2.34. The topological polar surface area (TPSA) is 26.0 Å². The second kappa shape index (κ2) is 4.31. The lowest BCUT2D eigenvalue weighted by molar-refractivity contribution is -0.149. The summed E-state index contributed by atoms with van der Waals surface area (Å²) >= 11 is 3.13. The molecule has 0 spiro atoms. The van der Waals surface area contributed by atoms with E-state index in [1.165, 1.54) is 0 Å². The predicted octanol–water partition coefficient (Wildman–Crippen LogP) is 4.16. The van der Waals surface area contributed by atoms with E-state index in [0.29, 0.717) is 9.86 Å². The zero-order chi connectivity index (χ0) is 12.6. The Morgan fingerprint density at radius 3 is 2.35 bits per heavy atom. The van der Waals surface area contributed by atoms with E-state index in [1.807, 2.05) is 0 Å². The molecule has 0 fully saturated rings. The summed E-state index contributed by atoms with van der Waals surface area (Å²) in [7, 11) is 0. The Kier molecular flexibility index (Phi) is 3.14. The first kappa shape index (κ1) is 12.4. The van der Waals surface area contributed by atoms with Crippen LogP contribution in [0.4, 0.5) is 13.2 Å². The first-order chi connectivity index (χ1) is 7.91. The average Bonchev–Trinajstić information content (AvgIpc) is 2.27. The molecule has 0 saturated heterocycles. The van der Waals surface area contributed by atoms with Gasteiger partial charge in [-0.1, -0.05) is 46.3 Å². The molecule has 0 heterocycles. The van der Waals surface area contributed by atoms with Crippen molar-refractivity contribution in [2.45, 2.75) is 12.2 Å². The van der Waals surface area contributed by atoms with E-state index >= 15 is 0 Å². The monoisotopic (exact) mass is 303 g/mol. The highest BCUT2D eigenvalue weighted by atomic mass is 79.9. The quantitative estimate of drug-likeness (QED) is 0.841. The van der Waals surface area contributed by atoms with Crippen LogP contribution >= 0.6 is 15.9 Å². The molecule has 0 saturated carbocycles. The van der Waals surface area contributed by atoms with Gasteiger partial charge in [-0.25, -0.2) is 0 Å². The third kappa shape index (κ3) is 2.30. The maximum absolute atomic E-state index is 12.7. The van der Waals surface area contributed by atoms with Gasteiger partial charge in [-0.2, -0.15) is 13.2 Å². The van der Waals surface area contributed by atoms with Crippen molar-refractivity contribution in [3.8, 4) is 0 Å². The Balaban J connectivity index is 2.71. The van der Waals surface area contributed by atoms with Gasteiger partial charge in [0.05, 0.1) is 0 Å². The first-order valence-corrected chi connectivity index (χ1v) is 5.70. The van der Waals surface area contributed by atoms with Gasteiger partial charge in [-0.3, -0.25) is 0 Å². The van der Waals surface area contributed by atoms with Gasteiger partial charge in [0.2, 0.25) is 0 Å². The van der Waals surface area contributed by atoms with Gasteiger partial charge in [0.1, 0.15) is 6.04 Å². The second-order valence-electron chi connectivity index (χ2n) is 3.70. The van der Waals surface area contributed by atoms with Crippen molar-refractivity contribution in [2.75, 3.05) is 0 Å². The number of hydrogen-bond acceptors (Lipinski definition) is 1. The van der Waals surface area contributed by atoms with E-state index in [-0.39, 0.29) is 5.56 Å². The van der Waals surface area contributed by atoms with E-state index in [4.69, 9.17) is 5.73 Å². The van der Waals surface area contributed by atoms with Crippen molar-refractivity contribution in [1.82, 2.24) is 0 Å². The van der Waals surface area contributed by atoms with Gasteiger partial charge in [0, 0.05) is 4.47 Å². The molecule has 90 valence electrons. The van der Waals surface area contributed by atoms with E-state index in [0.717, 1.165) is 5.39 Å². The molecule has 0 aromatic heterocycles. The molecule has 5 heteroatoms. The van der Waals surface area contributed by atoms with Crippen LogP contribution in [0.3, 0.4) is 0 Å². The maximum atomic E-state index is 12.7. The third-order valence-corrected chi connectivity index (χ3v) is 3.27. The predicted molar refractivity (Wildman–Crippen MR) is 64.6 cm³/mol. The summed E-state index contributed by atoms with van der Waals surface area (Å²) in [5.41, 5.74) is 5.36. The molecule has 2 N–H and O–H groups in total. The van der Waals surface area contributed by atoms with Crippen molar-refractivity contribution < 1.29 is 13.2 Å². The SMILES string of the molecule is N[C@@H](c1c(Br)ccc2ccccc12)C(F)(F)F. The molecular weight excluding hydrogens is 295 g/mol. The van der Waals surface area contributed by atoms with E-state index in [2.05, 4.69) is 15.9 Å². The maximum Gasteiger partial charge on any atom is 0.407 e. The third-order valence-electron chi connectivity index (χ3n) is 2.58. The molecule has 1 nitrogen and oxygen atoms in total. The molecule has 0 aliphatic heterocycles. The summed E-state index contributed by atoms with van der Waals surface area (Å²) in [6, 6.07) is 8.23. The molecule has 0 aliphatic rings. The highest BCUT2D eigenvalue weighted by molar-refractivity contribution is 9.10. The molecule has 1 atom stereocenters. The van der Waals surface area contributed by atoms with Crippen LogP contribution < -0.4 is 5.73 Å².